The van der Waals surface area contributed by atoms with Crippen molar-refractivity contribution in [2.75, 3.05) is 23.9 Å². The van der Waals surface area contributed by atoms with Gasteiger partial charge in [-0.3, -0.25) is 0 Å². The number of para-hydroxylation sites is 2. The summed E-state index contributed by atoms with van der Waals surface area (Å²) in [7, 11) is 1.66. The van der Waals surface area contributed by atoms with Gasteiger partial charge in [-0.1, -0.05) is 24.3 Å². The predicted molar refractivity (Wildman–Crippen MR) is 102 cm³/mol. The number of nitrogens with one attached hydrogen (secondary N) is 1. The number of nitrogens with zero attached hydrogens (tertiary/aromatic N) is 3. The van der Waals surface area contributed by atoms with E-state index in [-0.39, 0.29) is 0 Å². The number of anilines is 4. The van der Waals surface area contributed by atoms with Crippen molar-refractivity contribution in [2.24, 2.45) is 0 Å². The van der Waals surface area contributed by atoms with Crippen LogP contribution in [-0.2, 0) is 0 Å². The summed E-state index contributed by atoms with van der Waals surface area (Å²) in [4.78, 5) is 10.9. The molecule has 0 bridgehead atoms. The van der Waals surface area contributed by atoms with Crippen LogP contribution in [0, 0.1) is 6.92 Å². The van der Waals surface area contributed by atoms with Crippen molar-refractivity contribution in [1.29, 1.82) is 0 Å². The Morgan fingerprint density at radius 1 is 1.04 bits per heavy atom. The summed E-state index contributed by atoms with van der Waals surface area (Å²) in [6, 6.07) is 18.1. The van der Waals surface area contributed by atoms with Gasteiger partial charge in [-0.15, -0.1) is 0 Å². The van der Waals surface area contributed by atoms with Crippen LogP contribution in [0.25, 0.3) is 0 Å². The van der Waals surface area contributed by atoms with Gasteiger partial charge in [0.25, 0.3) is 0 Å². The molecule has 0 amide bonds. The van der Waals surface area contributed by atoms with Crippen LogP contribution in [0.1, 0.15) is 12.5 Å². The van der Waals surface area contributed by atoms with E-state index in [1.54, 1.807) is 13.4 Å². The molecule has 5 heteroatoms. The van der Waals surface area contributed by atoms with E-state index < -0.39 is 0 Å². The number of methoxy groups -OCH3 is 1. The minimum Gasteiger partial charge on any atom is -0.495 e. The largest absolute Gasteiger partial charge is 0.495 e. The molecule has 3 rings (SSSR count). The van der Waals surface area contributed by atoms with Crippen LogP contribution in [0.4, 0.5) is 23.0 Å². The molecule has 2 aromatic carbocycles. The molecule has 0 fully saturated rings. The highest BCUT2D eigenvalue weighted by Gasteiger charge is 2.11. The third kappa shape index (κ3) is 3.88. The van der Waals surface area contributed by atoms with Gasteiger partial charge in [0, 0.05) is 18.3 Å². The van der Waals surface area contributed by atoms with Gasteiger partial charge in [-0.25, -0.2) is 9.97 Å². The maximum atomic E-state index is 5.38. The molecule has 0 atom stereocenters. The Morgan fingerprint density at radius 3 is 2.64 bits per heavy atom. The lowest BCUT2D eigenvalue weighted by Crippen LogP contribution is -2.17. The average Bonchev–Trinajstić information content (AvgIpc) is 2.63. The molecule has 128 valence electrons. The number of aromatic nitrogens is 2. The Hall–Kier alpha value is -3.08. The van der Waals surface area contributed by atoms with E-state index >= 15 is 0 Å². The van der Waals surface area contributed by atoms with Crippen molar-refractivity contribution in [1.82, 2.24) is 9.97 Å². The van der Waals surface area contributed by atoms with Crippen molar-refractivity contribution < 1.29 is 4.74 Å². The smallest absolute Gasteiger partial charge is 0.142 e. The zero-order valence-electron chi connectivity index (χ0n) is 14.7. The van der Waals surface area contributed by atoms with Gasteiger partial charge in [-0.05, 0) is 43.7 Å². The second-order valence-corrected chi connectivity index (χ2v) is 5.67. The fraction of sp³-hybridized carbons (Fsp3) is 0.200. The first-order chi connectivity index (χ1) is 12.2. The summed E-state index contributed by atoms with van der Waals surface area (Å²) in [6.45, 7) is 5.01. The van der Waals surface area contributed by atoms with Crippen molar-refractivity contribution in [3.63, 3.8) is 0 Å². The van der Waals surface area contributed by atoms with Crippen molar-refractivity contribution in [3.05, 3.63) is 66.5 Å². The first-order valence-electron chi connectivity index (χ1n) is 8.27. The van der Waals surface area contributed by atoms with E-state index in [2.05, 4.69) is 58.3 Å². The van der Waals surface area contributed by atoms with Gasteiger partial charge >= 0.3 is 0 Å². The maximum absolute atomic E-state index is 5.38. The highest BCUT2D eigenvalue weighted by atomic mass is 16.5. The molecule has 3 aromatic rings. The molecule has 1 aromatic heterocycles. The van der Waals surface area contributed by atoms with Gasteiger partial charge in [0.15, 0.2) is 0 Å². The molecular weight excluding hydrogens is 312 g/mol. The number of benzene rings is 2. The normalized spacial score (nSPS) is 10.4. The predicted octanol–water partition coefficient (Wildman–Crippen LogP) is 4.70. The summed E-state index contributed by atoms with van der Waals surface area (Å²) in [5.41, 5.74) is 3.20. The van der Waals surface area contributed by atoms with E-state index in [1.807, 2.05) is 30.3 Å². The van der Waals surface area contributed by atoms with Crippen molar-refractivity contribution in [2.45, 2.75) is 13.8 Å². The van der Waals surface area contributed by atoms with Gasteiger partial charge in [0.1, 0.15) is 23.7 Å². The second-order valence-electron chi connectivity index (χ2n) is 5.67. The molecule has 25 heavy (non-hydrogen) atoms. The molecule has 0 aliphatic rings. The van der Waals surface area contributed by atoms with Crippen molar-refractivity contribution in [3.8, 4) is 5.75 Å². The number of rotatable bonds is 6. The van der Waals surface area contributed by atoms with Gasteiger partial charge in [0.2, 0.25) is 0 Å². The highest BCUT2D eigenvalue weighted by Crippen LogP contribution is 2.29. The topological polar surface area (TPSA) is 50.3 Å². The molecule has 0 spiro atoms. The van der Waals surface area contributed by atoms with Crippen LogP contribution in [0.3, 0.4) is 0 Å². The Kier molecular flexibility index (Phi) is 5.14. The van der Waals surface area contributed by atoms with E-state index in [9.17, 15) is 0 Å². The summed E-state index contributed by atoms with van der Waals surface area (Å²) >= 11 is 0. The summed E-state index contributed by atoms with van der Waals surface area (Å²) in [5.74, 6) is 2.34. The van der Waals surface area contributed by atoms with Gasteiger partial charge in [0.05, 0.1) is 12.8 Å². The number of aryl methyl sites for hydroxylation is 1. The number of hydrogen-bond donors (Lipinski definition) is 1. The molecule has 0 saturated heterocycles. The fourth-order valence-electron chi connectivity index (χ4n) is 2.72. The Morgan fingerprint density at radius 2 is 1.88 bits per heavy atom. The fourth-order valence-corrected chi connectivity index (χ4v) is 2.72. The molecule has 0 aliphatic carbocycles. The SMILES string of the molecule is CCN(c1cccc(C)c1)c1cc(Nc2ccccc2OC)ncn1. The summed E-state index contributed by atoms with van der Waals surface area (Å²) in [5, 5.41) is 3.30. The Labute approximate surface area is 148 Å². The van der Waals surface area contributed by atoms with Crippen molar-refractivity contribution >= 4 is 23.0 Å². The first kappa shape index (κ1) is 16.8. The minimum atomic E-state index is 0.723. The zero-order chi connectivity index (χ0) is 17.6. The third-order valence-electron chi connectivity index (χ3n) is 3.93. The quantitative estimate of drug-likeness (QED) is 0.708. The Bertz CT molecular complexity index is 850. The van der Waals surface area contributed by atoms with E-state index in [4.69, 9.17) is 4.74 Å². The van der Waals surface area contributed by atoms with Crippen LogP contribution < -0.4 is 15.0 Å². The lowest BCUT2D eigenvalue weighted by atomic mass is 10.2. The highest BCUT2D eigenvalue weighted by molar-refractivity contribution is 5.68. The molecule has 0 unspecified atom stereocenters. The van der Waals surface area contributed by atoms with Crippen LogP contribution in [0.2, 0.25) is 0 Å². The molecule has 0 radical (unpaired) electrons. The van der Waals surface area contributed by atoms with E-state index in [0.717, 1.165) is 35.3 Å². The third-order valence-corrected chi connectivity index (χ3v) is 3.93. The summed E-state index contributed by atoms with van der Waals surface area (Å²) in [6.07, 6.45) is 1.57. The number of hydrogen-bond acceptors (Lipinski definition) is 5. The molecule has 1 N–H and O–H groups in total. The first-order valence-corrected chi connectivity index (χ1v) is 8.27. The second kappa shape index (κ2) is 7.66. The van der Waals surface area contributed by atoms with Crippen LogP contribution >= 0.6 is 0 Å². The molecular formula is C20H22N4O. The maximum Gasteiger partial charge on any atom is 0.142 e. The Balaban J connectivity index is 1.90. The minimum absolute atomic E-state index is 0.723. The van der Waals surface area contributed by atoms with E-state index in [0.29, 0.717) is 0 Å². The lowest BCUT2D eigenvalue weighted by molar-refractivity contribution is 0.417. The molecule has 0 aliphatic heterocycles. The standard InChI is InChI=1S/C20H22N4O/c1-4-24(16-9-7-8-15(2)12-16)20-13-19(21-14-22-20)23-17-10-5-6-11-18(17)25-3/h5-14H,4H2,1-3H3,(H,21,22,23). The van der Waals surface area contributed by atoms with E-state index in [1.165, 1.54) is 5.56 Å². The van der Waals surface area contributed by atoms with Gasteiger partial charge < -0.3 is 15.0 Å². The average molecular weight is 334 g/mol. The lowest BCUT2D eigenvalue weighted by Gasteiger charge is -2.23. The van der Waals surface area contributed by atoms with Crippen LogP contribution in [0.5, 0.6) is 5.75 Å². The van der Waals surface area contributed by atoms with Crippen LogP contribution in [0.15, 0.2) is 60.9 Å². The van der Waals surface area contributed by atoms with Gasteiger partial charge in [-0.2, -0.15) is 0 Å². The molecule has 1 heterocycles. The monoisotopic (exact) mass is 334 g/mol. The molecule has 5 nitrogen and oxygen atoms in total. The van der Waals surface area contributed by atoms with Crippen LogP contribution in [-0.4, -0.2) is 23.6 Å². The summed E-state index contributed by atoms with van der Waals surface area (Å²) < 4.78 is 5.38. The zero-order valence-corrected chi connectivity index (χ0v) is 14.7. The number of ether oxygens (including phenoxy) is 1. The molecule has 0 saturated carbocycles.